The van der Waals surface area contributed by atoms with Crippen LogP contribution >= 0.6 is 0 Å². The molecule has 0 aliphatic rings. The minimum atomic E-state index is 1.08. The van der Waals surface area contributed by atoms with Crippen LogP contribution in [0.25, 0.3) is 0 Å². The third-order valence-corrected chi connectivity index (χ3v) is 2.67. The van der Waals surface area contributed by atoms with E-state index < -0.39 is 0 Å². The molecule has 0 unspecified atom stereocenters. The third-order valence-electron chi connectivity index (χ3n) is 2.67. The fraction of sp³-hybridized carbons (Fsp3) is 0.636. The summed E-state index contributed by atoms with van der Waals surface area (Å²) in [4.78, 5) is 0. The van der Waals surface area contributed by atoms with Crippen LogP contribution in [0.2, 0.25) is 0 Å². The van der Waals surface area contributed by atoms with E-state index in [-0.39, 0.29) is 0 Å². The van der Waals surface area contributed by atoms with Crippen molar-refractivity contribution in [2.75, 3.05) is 26.2 Å². The maximum absolute atomic E-state index is 3.81. The second-order valence-electron chi connectivity index (χ2n) is 3.25. The van der Waals surface area contributed by atoms with E-state index in [2.05, 4.69) is 27.0 Å². The molecule has 0 amide bonds. The van der Waals surface area contributed by atoms with Gasteiger partial charge in [-0.25, -0.2) is 0 Å². The molecule has 1 heteroatoms. The predicted octanol–water partition coefficient (Wildman–Crippen LogP) is 2.61. The van der Waals surface area contributed by atoms with Crippen molar-refractivity contribution in [3.8, 4) is 0 Å². The lowest BCUT2D eigenvalue weighted by Crippen LogP contribution is -2.48. The van der Waals surface area contributed by atoms with Crippen LogP contribution in [0, 0.1) is 0 Å². The van der Waals surface area contributed by atoms with Gasteiger partial charge in [-0.05, 0) is 19.9 Å². The molecule has 0 saturated carbocycles. The highest BCUT2D eigenvalue weighted by Crippen LogP contribution is 2.07. The van der Waals surface area contributed by atoms with Gasteiger partial charge in [0.1, 0.15) is 0 Å². The Balaban J connectivity index is 4.12. The normalized spacial score (nSPS) is 11.2. The largest absolute Gasteiger partial charge is 0.321 e. The molecular formula is C11H22N+. The number of hydrogen-bond donors (Lipinski definition) is 0. The molecule has 0 aromatic carbocycles. The van der Waals surface area contributed by atoms with Crippen LogP contribution in [-0.2, 0) is 0 Å². The van der Waals surface area contributed by atoms with Gasteiger partial charge in [-0.15, -0.1) is 6.58 Å². The summed E-state index contributed by atoms with van der Waals surface area (Å²) in [6.45, 7) is 16.7. The molecule has 0 aliphatic heterocycles. The van der Waals surface area contributed by atoms with Crippen molar-refractivity contribution in [2.45, 2.75) is 20.3 Å². The lowest BCUT2D eigenvalue weighted by molar-refractivity contribution is -0.919. The van der Waals surface area contributed by atoms with Crippen molar-refractivity contribution in [1.29, 1.82) is 0 Å². The van der Waals surface area contributed by atoms with Gasteiger partial charge in [0.25, 0.3) is 0 Å². The van der Waals surface area contributed by atoms with Crippen molar-refractivity contribution in [2.24, 2.45) is 0 Å². The van der Waals surface area contributed by atoms with Gasteiger partial charge in [-0.3, -0.25) is 0 Å². The van der Waals surface area contributed by atoms with E-state index in [0.717, 1.165) is 17.4 Å². The molecule has 0 rings (SSSR count). The van der Waals surface area contributed by atoms with Crippen LogP contribution in [0.1, 0.15) is 20.3 Å². The van der Waals surface area contributed by atoms with Crippen LogP contribution in [0.5, 0.6) is 0 Å². The number of likely N-dealkylation sites (N-methyl/N-ethyl adjacent to an activating group) is 1. The lowest BCUT2D eigenvalue weighted by atomic mass is 10.2. The maximum Gasteiger partial charge on any atom is 0.0971 e. The molecule has 70 valence electrons. The number of hydrogen-bond acceptors (Lipinski definition) is 0. The Bertz CT molecular complexity index is 134. The fourth-order valence-electron chi connectivity index (χ4n) is 1.53. The van der Waals surface area contributed by atoms with Crippen LogP contribution in [0.15, 0.2) is 25.3 Å². The molecule has 0 aromatic heterocycles. The molecule has 0 N–H and O–H groups in total. The van der Waals surface area contributed by atoms with Crippen LogP contribution in [0.4, 0.5) is 0 Å². The predicted molar refractivity (Wildman–Crippen MR) is 56.1 cm³/mol. The van der Waals surface area contributed by atoms with Gasteiger partial charge in [0.05, 0.1) is 26.2 Å². The summed E-state index contributed by atoms with van der Waals surface area (Å²) in [6.07, 6.45) is 5.13. The van der Waals surface area contributed by atoms with E-state index in [4.69, 9.17) is 0 Å². The zero-order valence-electron chi connectivity index (χ0n) is 8.55. The molecule has 0 fully saturated rings. The minimum Gasteiger partial charge on any atom is -0.321 e. The molecule has 0 heterocycles. The lowest BCUT2D eigenvalue weighted by Gasteiger charge is -2.35. The van der Waals surface area contributed by atoms with Crippen LogP contribution in [0.3, 0.4) is 0 Å². The molecule has 0 bridgehead atoms. The molecule has 1 nitrogen and oxygen atoms in total. The molecule has 0 atom stereocenters. The summed E-state index contributed by atoms with van der Waals surface area (Å²) in [5, 5.41) is 0. The SMILES string of the molecule is C=CCC[N+](CC)(CC)CC=C. The highest BCUT2D eigenvalue weighted by molar-refractivity contribution is 4.69. The summed E-state index contributed by atoms with van der Waals surface area (Å²) < 4.78 is 1.15. The molecule has 0 aliphatic carbocycles. The van der Waals surface area contributed by atoms with Crippen molar-refractivity contribution in [1.82, 2.24) is 0 Å². The maximum atomic E-state index is 3.81. The first-order valence-corrected chi connectivity index (χ1v) is 4.81. The molecular weight excluding hydrogens is 146 g/mol. The Hall–Kier alpha value is -0.560. The van der Waals surface area contributed by atoms with E-state index in [1.54, 1.807) is 0 Å². The van der Waals surface area contributed by atoms with Gasteiger partial charge in [0, 0.05) is 6.42 Å². The van der Waals surface area contributed by atoms with E-state index in [1.807, 2.05) is 12.2 Å². The Morgan fingerprint density at radius 2 is 1.67 bits per heavy atom. The monoisotopic (exact) mass is 168 g/mol. The Labute approximate surface area is 77.0 Å². The number of rotatable bonds is 7. The van der Waals surface area contributed by atoms with Gasteiger partial charge in [0.15, 0.2) is 0 Å². The number of quaternary nitrogens is 1. The minimum absolute atomic E-state index is 1.08. The first-order valence-electron chi connectivity index (χ1n) is 4.81. The van der Waals surface area contributed by atoms with Gasteiger partial charge in [-0.2, -0.15) is 0 Å². The van der Waals surface area contributed by atoms with Gasteiger partial charge < -0.3 is 4.48 Å². The molecule has 0 saturated heterocycles. The third kappa shape index (κ3) is 3.22. The van der Waals surface area contributed by atoms with E-state index in [9.17, 15) is 0 Å². The van der Waals surface area contributed by atoms with Crippen molar-refractivity contribution in [3.63, 3.8) is 0 Å². The molecule has 12 heavy (non-hydrogen) atoms. The fourth-order valence-corrected chi connectivity index (χ4v) is 1.53. The standard InChI is InChI=1S/C11H22N/c1-5-9-11-12(7-3,8-4)10-6-2/h5-6H,1-2,7-11H2,3-4H3/q+1. The quantitative estimate of drug-likeness (QED) is 0.405. The molecule has 0 aromatic rings. The summed E-state index contributed by atoms with van der Waals surface area (Å²) in [6, 6.07) is 0. The average molecular weight is 168 g/mol. The molecule has 0 spiro atoms. The van der Waals surface area contributed by atoms with Gasteiger partial charge >= 0.3 is 0 Å². The zero-order valence-corrected chi connectivity index (χ0v) is 8.55. The Morgan fingerprint density at radius 3 is 2.00 bits per heavy atom. The van der Waals surface area contributed by atoms with Crippen molar-refractivity contribution < 1.29 is 4.48 Å². The van der Waals surface area contributed by atoms with Crippen LogP contribution in [-0.4, -0.2) is 30.7 Å². The second kappa shape index (κ2) is 6.01. The van der Waals surface area contributed by atoms with Crippen molar-refractivity contribution >= 4 is 0 Å². The summed E-state index contributed by atoms with van der Waals surface area (Å²) in [7, 11) is 0. The van der Waals surface area contributed by atoms with E-state index in [1.165, 1.54) is 19.6 Å². The zero-order chi connectivity index (χ0) is 9.45. The summed E-state index contributed by atoms with van der Waals surface area (Å²) in [5.41, 5.74) is 0. The van der Waals surface area contributed by atoms with Gasteiger partial charge in [0.2, 0.25) is 0 Å². The highest BCUT2D eigenvalue weighted by Gasteiger charge is 2.19. The average Bonchev–Trinajstić information content (AvgIpc) is 2.13. The van der Waals surface area contributed by atoms with Crippen molar-refractivity contribution in [3.05, 3.63) is 25.3 Å². The summed E-state index contributed by atoms with van der Waals surface area (Å²) >= 11 is 0. The van der Waals surface area contributed by atoms with E-state index >= 15 is 0 Å². The van der Waals surface area contributed by atoms with E-state index in [0.29, 0.717) is 0 Å². The first-order chi connectivity index (χ1) is 5.74. The Kier molecular flexibility index (Phi) is 5.73. The topological polar surface area (TPSA) is 0 Å². The molecule has 0 radical (unpaired) electrons. The second-order valence-corrected chi connectivity index (χ2v) is 3.25. The van der Waals surface area contributed by atoms with Crippen LogP contribution < -0.4 is 0 Å². The summed E-state index contributed by atoms with van der Waals surface area (Å²) in [5.74, 6) is 0. The smallest absolute Gasteiger partial charge is 0.0971 e. The highest BCUT2D eigenvalue weighted by atomic mass is 15.3. The number of nitrogens with zero attached hydrogens (tertiary/aromatic N) is 1. The Morgan fingerprint density at radius 1 is 1.08 bits per heavy atom. The first kappa shape index (κ1) is 11.4. The van der Waals surface area contributed by atoms with Gasteiger partial charge in [-0.1, -0.05) is 12.7 Å².